The number of ether oxygens (including phenoxy) is 1. The first-order chi connectivity index (χ1) is 12.8. The van der Waals surface area contributed by atoms with Gasteiger partial charge in [0.05, 0.1) is 18.2 Å². The zero-order valence-corrected chi connectivity index (χ0v) is 15.9. The highest BCUT2D eigenvalue weighted by atomic mass is 16.5. The maximum Gasteiger partial charge on any atom is 0.145 e. The molecule has 3 heterocycles. The van der Waals surface area contributed by atoms with Crippen LogP contribution in [0.15, 0.2) is 24.3 Å². The number of benzene rings is 1. The van der Waals surface area contributed by atoms with E-state index in [1.54, 1.807) is 0 Å². The van der Waals surface area contributed by atoms with Crippen LogP contribution in [0, 0.1) is 0 Å². The smallest absolute Gasteiger partial charge is 0.145 e. The Morgan fingerprint density at radius 1 is 0.962 bits per heavy atom. The van der Waals surface area contributed by atoms with E-state index in [9.17, 15) is 0 Å². The number of rotatable bonds is 4. The number of methoxy groups -OCH3 is 1. The third-order valence-electron chi connectivity index (χ3n) is 5.77. The number of hydrogen-bond acceptors (Lipinski definition) is 5. The average molecular weight is 354 g/mol. The van der Waals surface area contributed by atoms with Crippen molar-refractivity contribution in [1.29, 1.82) is 0 Å². The zero-order chi connectivity index (χ0) is 17.8. The molecule has 2 aliphatic heterocycles. The van der Waals surface area contributed by atoms with Gasteiger partial charge >= 0.3 is 0 Å². The molecule has 1 aromatic carbocycles. The summed E-state index contributed by atoms with van der Waals surface area (Å²) in [4.78, 5) is 14.9. The van der Waals surface area contributed by atoms with Crippen molar-refractivity contribution in [2.24, 2.45) is 0 Å². The molecule has 2 aliphatic rings. The second kappa shape index (κ2) is 8.31. The van der Waals surface area contributed by atoms with Gasteiger partial charge in [0, 0.05) is 38.7 Å². The van der Waals surface area contributed by atoms with Gasteiger partial charge < -0.3 is 9.64 Å². The van der Waals surface area contributed by atoms with E-state index in [0.717, 1.165) is 62.7 Å². The minimum Gasteiger partial charge on any atom is -0.381 e. The van der Waals surface area contributed by atoms with Crippen LogP contribution in [0.5, 0.6) is 0 Å². The molecule has 2 fully saturated rings. The van der Waals surface area contributed by atoms with Crippen molar-refractivity contribution in [3.63, 3.8) is 0 Å². The highest BCUT2D eigenvalue weighted by Gasteiger charge is 2.21. The molecule has 0 aliphatic carbocycles. The number of fused-ring (bicyclic) bond motifs is 1. The normalized spacial score (nSPS) is 20.4. The predicted octanol–water partition coefficient (Wildman–Crippen LogP) is 3.62. The van der Waals surface area contributed by atoms with Crippen molar-refractivity contribution < 1.29 is 4.74 Å². The van der Waals surface area contributed by atoms with Crippen molar-refractivity contribution in [1.82, 2.24) is 14.9 Å². The minimum atomic E-state index is 0.413. The van der Waals surface area contributed by atoms with Crippen LogP contribution in [0.2, 0.25) is 0 Å². The molecule has 26 heavy (non-hydrogen) atoms. The Morgan fingerprint density at radius 2 is 1.69 bits per heavy atom. The lowest BCUT2D eigenvalue weighted by molar-refractivity contribution is 0.0382. The standard InChI is InChI=1S/C21H30N4O/c1-26-17-10-14-24(15-11-17)16-20-22-19-9-5-4-8-18(19)21(23-20)25-12-6-2-3-7-13-25/h4-5,8-9,17H,2-3,6-7,10-16H2,1H3. The lowest BCUT2D eigenvalue weighted by atomic mass is 10.1. The van der Waals surface area contributed by atoms with Gasteiger partial charge in [-0.1, -0.05) is 25.0 Å². The third-order valence-corrected chi connectivity index (χ3v) is 5.77. The molecule has 0 bridgehead atoms. The lowest BCUT2D eigenvalue weighted by Crippen LogP contribution is -2.36. The van der Waals surface area contributed by atoms with Crippen molar-refractivity contribution in [3.8, 4) is 0 Å². The van der Waals surface area contributed by atoms with Crippen LogP contribution in [-0.2, 0) is 11.3 Å². The second-order valence-electron chi connectivity index (χ2n) is 7.59. The van der Waals surface area contributed by atoms with Gasteiger partial charge in [-0.2, -0.15) is 0 Å². The number of aromatic nitrogens is 2. The molecule has 0 spiro atoms. The Morgan fingerprint density at radius 3 is 2.42 bits per heavy atom. The molecule has 0 N–H and O–H groups in total. The van der Waals surface area contributed by atoms with Crippen LogP contribution in [0.4, 0.5) is 5.82 Å². The van der Waals surface area contributed by atoms with E-state index < -0.39 is 0 Å². The van der Waals surface area contributed by atoms with Gasteiger partial charge in [0.2, 0.25) is 0 Å². The number of piperidine rings is 1. The summed E-state index contributed by atoms with van der Waals surface area (Å²) in [5.41, 5.74) is 1.07. The van der Waals surface area contributed by atoms with E-state index in [1.165, 1.54) is 31.1 Å². The number of likely N-dealkylation sites (tertiary alicyclic amines) is 1. The van der Waals surface area contributed by atoms with Crippen LogP contribution >= 0.6 is 0 Å². The quantitative estimate of drug-likeness (QED) is 0.839. The van der Waals surface area contributed by atoms with Crippen LogP contribution in [-0.4, -0.2) is 54.3 Å². The van der Waals surface area contributed by atoms with E-state index in [4.69, 9.17) is 14.7 Å². The maximum atomic E-state index is 5.49. The highest BCUT2D eigenvalue weighted by molar-refractivity contribution is 5.89. The zero-order valence-electron chi connectivity index (χ0n) is 15.9. The Labute approximate surface area is 156 Å². The molecule has 2 saturated heterocycles. The molecule has 0 amide bonds. The number of nitrogens with zero attached hydrogens (tertiary/aromatic N) is 4. The number of anilines is 1. The summed E-state index contributed by atoms with van der Waals surface area (Å²) < 4.78 is 5.49. The molecule has 140 valence electrons. The second-order valence-corrected chi connectivity index (χ2v) is 7.59. The number of para-hydroxylation sites is 1. The largest absolute Gasteiger partial charge is 0.381 e. The third kappa shape index (κ3) is 3.99. The van der Waals surface area contributed by atoms with Crippen LogP contribution in [0.3, 0.4) is 0 Å². The van der Waals surface area contributed by atoms with Gasteiger partial charge in [0.1, 0.15) is 11.6 Å². The SMILES string of the molecule is COC1CCN(Cc2nc(N3CCCCCC3)c3ccccc3n2)CC1. The summed E-state index contributed by atoms with van der Waals surface area (Å²) in [5, 5.41) is 1.19. The lowest BCUT2D eigenvalue weighted by Gasteiger charge is -2.31. The molecular formula is C21H30N4O. The summed E-state index contributed by atoms with van der Waals surface area (Å²) in [6.45, 7) is 5.18. The molecule has 2 aromatic rings. The van der Waals surface area contributed by atoms with E-state index in [0.29, 0.717) is 6.10 Å². The van der Waals surface area contributed by atoms with Gasteiger partial charge in [0.25, 0.3) is 0 Å². The first kappa shape index (κ1) is 17.7. The summed E-state index contributed by atoms with van der Waals surface area (Å²) in [7, 11) is 1.82. The molecule has 0 saturated carbocycles. The molecular weight excluding hydrogens is 324 g/mol. The van der Waals surface area contributed by atoms with Gasteiger partial charge in [0.15, 0.2) is 0 Å². The summed E-state index contributed by atoms with van der Waals surface area (Å²) in [5.74, 6) is 2.10. The Balaban J connectivity index is 1.59. The average Bonchev–Trinajstić information content (AvgIpc) is 2.97. The van der Waals surface area contributed by atoms with E-state index in [1.807, 2.05) is 7.11 Å². The Kier molecular flexibility index (Phi) is 5.65. The summed E-state index contributed by atoms with van der Waals surface area (Å²) in [6.07, 6.45) is 7.81. The fourth-order valence-electron chi connectivity index (χ4n) is 4.20. The molecule has 0 atom stereocenters. The Bertz CT molecular complexity index is 719. The van der Waals surface area contributed by atoms with Crippen molar-refractivity contribution in [2.75, 3.05) is 38.2 Å². The van der Waals surface area contributed by atoms with E-state index in [2.05, 4.69) is 34.1 Å². The molecule has 0 radical (unpaired) electrons. The van der Waals surface area contributed by atoms with Crippen molar-refractivity contribution >= 4 is 16.7 Å². The minimum absolute atomic E-state index is 0.413. The van der Waals surface area contributed by atoms with Gasteiger partial charge in [-0.15, -0.1) is 0 Å². The van der Waals surface area contributed by atoms with Crippen LogP contribution < -0.4 is 4.90 Å². The topological polar surface area (TPSA) is 41.5 Å². The van der Waals surface area contributed by atoms with Crippen molar-refractivity contribution in [2.45, 2.75) is 51.2 Å². The van der Waals surface area contributed by atoms with Gasteiger partial charge in [-0.05, 0) is 37.8 Å². The first-order valence-electron chi connectivity index (χ1n) is 10.1. The molecule has 5 heteroatoms. The highest BCUT2D eigenvalue weighted by Crippen LogP contribution is 2.27. The molecule has 0 unspecified atom stereocenters. The fraction of sp³-hybridized carbons (Fsp3) is 0.619. The van der Waals surface area contributed by atoms with Crippen LogP contribution in [0.1, 0.15) is 44.3 Å². The number of hydrogen-bond donors (Lipinski definition) is 0. The van der Waals surface area contributed by atoms with E-state index >= 15 is 0 Å². The summed E-state index contributed by atoms with van der Waals surface area (Å²) >= 11 is 0. The molecule has 4 rings (SSSR count). The van der Waals surface area contributed by atoms with E-state index in [-0.39, 0.29) is 0 Å². The first-order valence-corrected chi connectivity index (χ1v) is 10.1. The predicted molar refractivity (Wildman–Crippen MR) is 106 cm³/mol. The maximum absolute atomic E-state index is 5.49. The monoisotopic (exact) mass is 354 g/mol. The molecule has 5 nitrogen and oxygen atoms in total. The van der Waals surface area contributed by atoms with Crippen molar-refractivity contribution in [3.05, 3.63) is 30.1 Å². The molecule has 1 aromatic heterocycles. The fourth-order valence-corrected chi connectivity index (χ4v) is 4.20. The van der Waals surface area contributed by atoms with Crippen LogP contribution in [0.25, 0.3) is 10.9 Å². The summed E-state index contributed by atoms with van der Waals surface area (Å²) in [6, 6.07) is 8.47. The van der Waals surface area contributed by atoms with Gasteiger partial charge in [-0.3, -0.25) is 4.90 Å². The Hall–Kier alpha value is -1.72. The van der Waals surface area contributed by atoms with Gasteiger partial charge in [-0.25, -0.2) is 9.97 Å².